The highest BCUT2D eigenvalue weighted by atomic mass is 32.2. The highest BCUT2D eigenvalue weighted by Gasteiger charge is 2.21. The van der Waals surface area contributed by atoms with Crippen LogP contribution in [0.15, 0.2) is 53.4 Å². The van der Waals surface area contributed by atoms with Crippen LogP contribution >= 0.6 is 11.8 Å². The van der Waals surface area contributed by atoms with Crippen molar-refractivity contribution in [1.82, 2.24) is 4.31 Å². The third-order valence-corrected chi connectivity index (χ3v) is 6.28. The monoisotopic (exact) mass is 379 g/mol. The standard InChI is InChI=1S/C17H21N3O3S2/c1-19(2)25(22,23)20(3)14-11-9-13(10-12-14)17(21)18-15-7-5-6-8-16(15)24-4/h5-12H,1-4H3,(H,18,21). The molecule has 1 amide bonds. The minimum absolute atomic E-state index is 0.244. The molecule has 0 aliphatic rings. The first-order valence-corrected chi connectivity index (χ1v) is 10.1. The van der Waals surface area contributed by atoms with E-state index in [1.165, 1.54) is 21.1 Å². The van der Waals surface area contributed by atoms with Crippen LogP contribution in [0.3, 0.4) is 0 Å². The van der Waals surface area contributed by atoms with E-state index >= 15 is 0 Å². The van der Waals surface area contributed by atoms with Crippen molar-refractivity contribution < 1.29 is 13.2 Å². The van der Waals surface area contributed by atoms with Crippen molar-refractivity contribution in [2.45, 2.75) is 4.90 Å². The van der Waals surface area contributed by atoms with E-state index in [2.05, 4.69) is 5.32 Å². The fourth-order valence-electron chi connectivity index (χ4n) is 2.14. The van der Waals surface area contributed by atoms with Crippen LogP contribution in [0, 0.1) is 0 Å². The number of hydrogen-bond donors (Lipinski definition) is 1. The van der Waals surface area contributed by atoms with E-state index < -0.39 is 10.2 Å². The van der Waals surface area contributed by atoms with Crippen LogP contribution < -0.4 is 9.62 Å². The molecule has 0 unspecified atom stereocenters. The Balaban J connectivity index is 2.18. The first kappa shape index (κ1) is 19.3. The molecule has 0 fully saturated rings. The summed E-state index contributed by atoms with van der Waals surface area (Å²) in [7, 11) is 0.852. The minimum Gasteiger partial charge on any atom is -0.321 e. The summed E-state index contributed by atoms with van der Waals surface area (Å²) in [6, 6.07) is 14.0. The fraction of sp³-hybridized carbons (Fsp3) is 0.235. The molecule has 25 heavy (non-hydrogen) atoms. The molecule has 1 N–H and O–H groups in total. The van der Waals surface area contributed by atoms with E-state index in [1.54, 1.807) is 36.0 Å². The molecule has 2 aromatic rings. The number of para-hydroxylation sites is 1. The number of hydrogen-bond acceptors (Lipinski definition) is 4. The maximum Gasteiger partial charge on any atom is 0.303 e. The third-order valence-electron chi connectivity index (χ3n) is 3.66. The zero-order chi connectivity index (χ0) is 18.6. The Morgan fingerprint density at radius 1 is 1.00 bits per heavy atom. The average Bonchev–Trinajstić information content (AvgIpc) is 2.61. The Kier molecular flexibility index (Phi) is 6.10. The summed E-state index contributed by atoms with van der Waals surface area (Å²) in [6.07, 6.45) is 1.95. The first-order chi connectivity index (χ1) is 11.8. The van der Waals surface area contributed by atoms with Crippen LogP contribution in [-0.2, 0) is 10.2 Å². The lowest BCUT2D eigenvalue weighted by Gasteiger charge is -2.23. The van der Waals surface area contributed by atoms with Crippen molar-refractivity contribution >= 4 is 39.3 Å². The van der Waals surface area contributed by atoms with Gasteiger partial charge in [-0.15, -0.1) is 11.8 Å². The molecule has 0 aliphatic heterocycles. The van der Waals surface area contributed by atoms with E-state index in [-0.39, 0.29) is 5.91 Å². The van der Waals surface area contributed by atoms with Gasteiger partial charge in [0.2, 0.25) is 0 Å². The molecule has 0 heterocycles. The number of benzene rings is 2. The summed E-state index contributed by atoms with van der Waals surface area (Å²) in [4.78, 5) is 13.4. The van der Waals surface area contributed by atoms with Crippen LogP contribution in [0.25, 0.3) is 0 Å². The Morgan fingerprint density at radius 2 is 1.60 bits per heavy atom. The van der Waals surface area contributed by atoms with Crippen molar-refractivity contribution in [2.75, 3.05) is 37.0 Å². The molecule has 0 aromatic heterocycles. The number of anilines is 2. The average molecular weight is 380 g/mol. The lowest BCUT2D eigenvalue weighted by Crippen LogP contribution is -2.37. The minimum atomic E-state index is -3.56. The quantitative estimate of drug-likeness (QED) is 0.784. The molecule has 0 radical (unpaired) electrons. The van der Waals surface area contributed by atoms with Gasteiger partial charge in [0, 0.05) is 31.6 Å². The summed E-state index contributed by atoms with van der Waals surface area (Å²) in [5, 5.41) is 2.88. The third kappa shape index (κ3) is 4.33. The van der Waals surface area contributed by atoms with Crippen LogP contribution in [0.5, 0.6) is 0 Å². The number of amides is 1. The molecule has 2 rings (SSSR count). The van der Waals surface area contributed by atoms with Crippen molar-refractivity contribution in [3.8, 4) is 0 Å². The molecule has 0 spiro atoms. The van der Waals surface area contributed by atoms with Gasteiger partial charge in [-0.3, -0.25) is 9.10 Å². The van der Waals surface area contributed by atoms with Crippen molar-refractivity contribution in [3.05, 3.63) is 54.1 Å². The van der Waals surface area contributed by atoms with Gasteiger partial charge in [0.05, 0.1) is 11.4 Å². The van der Waals surface area contributed by atoms with Gasteiger partial charge in [0.1, 0.15) is 0 Å². The van der Waals surface area contributed by atoms with Gasteiger partial charge in [-0.25, -0.2) is 0 Å². The second-order valence-electron chi connectivity index (χ2n) is 5.46. The molecular formula is C17H21N3O3S2. The molecule has 0 atom stereocenters. The smallest absolute Gasteiger partial charge is 0.303 e. The zero-order valence-electron chi connectivity index (χ0n) is 14.6. The van der Waals surface area contributed by atoms with Crippen molar-refractivity contribution in [3.63, 3.8) is 0 Å². The molecule has 0 saturated carbocycles. The number of thioether (sulfide) groups is 1. The fourth-order valence-corrected chi connectivity index (χ4v) is 3.57. The predicted molar refractivity (Wildman–Crippen MR) is 104 cm³/mol. The molecule has 0 aliphatic carbocycles. The second-order valence-corrected chi connectivity index (χ2v) is 8.48. The van der Waals surface area contributed by atoms with Crippen LogP contribution in [0.2, 0.25) is 0 Å². The van der Waals surface area contributed by atoms with Crippen molar-refractivity contribution in [2.24, 2.45) is 0 Å². The highest BCUT2D eigenvalue weighted by Crippen LogP contribution is 2.25. The van der Waals surface area contributed by atoms with Crippen LogP contribution in [-0.4, -0.2) is 46.0 Å². The number of nitrogens with one attached hydrogen (secondary N) is 1. The molecule has 2 aromatic carbocycles. The van der Waals surface area contributed by atoms with Crippen molar-refractivity contribution in [1.29, 1.82) is 0 Å². The number of nitrogens with zero attached hydrogens (tertiary/aromatic N) is 2. The lowest BCUT2D eigenvalue weighted by molar-refractivity contribution is 0.102. The van der Waals surface area contributed by atoms with Crippen LogP contribution in [0.4, 0.5) is 11.4 Å². The Labute approximate surface area is 153 Å². The largest absolute Gasteiger partial charge is 0.321 e. The molecule has 0 saturated heterocycles. The first-order valence-electron chi connectivity index (χ1n) is 7.48. The van der Waals surface area contributed by atoms with Gasteiger partial charge >= 0.3 is 10.2 Å². The van der Waals surface area contributed by atoms with E-state index in [0.717, 1.165) is 19.2 Å². The molecule has 6 nitrogen and oxygen atoms in total. The van der Waals surface area contributed by atoms with Gasteiger partial charge in [0.15, 0.2) is 0 Å². The van der Waals surface area contributed by atoms with E-state index in [9.17, 15) is 13.2 Å². The summed E-state index contributed by atoms with van der Waals surface area (Å²) in [5.74, 6) is -0.244. The number of carbonyl (C=O) groups is 1. The second kappa shape index (κ2) is 7.90. The maximum atomic E-state index is 12.4. The van der Waals surface area contributed by atoms with Gasteiger partial charge in [0.25, 0.3) is 5.91 Å². The van der Waals surface area contributed by atoms with Gasteiger partial charge < -0.3 is 5.32 Å². The van der Waals surface area contributed by atoms with Crippen LogP contribution in [0.1, 0.15) is 10.4 Å². The van der Waals surface area contributed by atoms with Gasteiger partial charge in [-0.2, -0.15) is 12.7 Å². The Hall–Kier alpha value is -2.03. The summed E-state index contributed by atoms with van der Waals surface area (Å²) < 4.78 is 26.6. The molecule has 8 heteroatoms. The lowest BCUT2D eigenvalue weighted by atomic mass is 10.2. The topological polar surface area (TPSA) is 69.7 Å². The zero-order valence-corrected chi connectivity index (χ0v) is 16.2. The molecule has 134 valence electrons. The summed E-state index contributed by atoms with van der Waals surface area (Å²) in [5.41, 5.74) is 1.68. The Bertz CT molecular complexity index is 850. The van der Waals surface area contributed by atoms with E-state index in [1.807, 2.05) is 30.5 Å². The normalized spacial score (nSPS) is 11.4. The van der Waals surface area contributed by atoms with E-state index in [4.69, 9.17) is 0 Å². The predicted octanol–water partition coefficient (Wildman–Crippen LogP) is 2.90. The van der Waals surface area contributed by atoms with Gasteiger partial charge in [-0.05, 0) is 42.7 Å². The SMILES string of the molecule is CSc1ccccc1NC(=O)c1ccc(N(C)S(=O)(=O)N(C)C)cc1. The maximum absolute atomic E-state index is 12.4. The van der Waals surface area contributed by atoms with E-state index in [0.29, 0.717) is 11.3 Å². The molecule has 0 bridgehead atoms. The highest BCUT2D eigenvalue weighted by molar-refractivity contribution is 7.98. The summed E-state index contributed by atoms with van der Waals surface area (Å²) in [6.45, 7) is 0. The number of carbonyl (C=O) groups excluding carboxylic acids is 1. The van der Waals surface area contributed by atoms with Gasteiger partial charge in [-0.1, -0.05) is 12.1 Å². The summed E-state index contributed by atoms with van der Waals surface area (Å²) >= 11 is 1.55. The molecular weight excluding hydrogens is 358 g/mol. The number of rotatable bonds is 6. The Morgan fingerprint density at radius 3 is 2.16 bits per heavy atom.